The first-order valence-corrected chi connectivity index (χ1v) is 12.1. The average Bonchev–Trinajstić information content (AvgIpc) is 2.84. The first-order chi connectivity index (χ1) is 17.9. The van der Waals surface area contributed by atoms with Crippen molar-refractivity contribution in [2.75, 3.05) is 17.7 Å². The molecule has 2 aromatic rings. The minimum absolute atomic E-state index is 0.145. The van der Waals surface area contributed by atoms with Crippen LogP contribution in [0, 0.1) is 11.7 Å². The lowest BCUT2D eigenvalue weighted by Crippen LogP contribution is -2.47. The van der Waals surface area contributed by atoms with Crippen molar-refractivity contribution in [3.63, 3.8) is 0 Å². The standard InChI is InChI=1S/C24H23Cl2F4N3O5/c1-37-22(35)19(12-5-3-2-4-6-12)32-21(34)15-8-7-13(27)9-18(15)31-23(36)33-20-16(25)10-14(11-17(20)26)38-24(28,29)30/h7-12,19H,2-6H2,1H3,(H,32,34)(H2,31,33,36)/t19-/m0/s1. The highest BCUT2D eigenvalue weighted by Crippen LogP contribution is 2.37. The van der Waals surface area contributed by atoms with Gasteiger partial charge in [-0.15, -0.1) is 13.2 Å². The van der Waals surface area contributed by atoms with Gasteiger partial charge in [0.25, 0.3) is 5.91 Å². The predicted octanol–water partition coefficient (Wildman–Crippen LogP) is 6.53. The van der Waals surface area contributed by atoms with Crippen LogP contribution in [0.5, 0.6) is 5.75 Å². The summed E-state index contributed by atoms with van der Waals surface area (Å²) in [5.74, 6) is -3.01. The van der Waals surface area contributed by atoms with Crippen molar-refractivity contribution in [2.45, 2.75) is 44.5 Å². The number of ether oxygens (including phenoxy) is 2. The van der Waals surface area contributed by atoms with Crippen molar-refractivity contribution in [3.8, 4) is 5.75 Å². The quantitative estimate of drug-likeness (QED) is 0.255. The number of amides is 3. The van der Waals surface area contributed by atoms with Crippen LogP contribution in [0.3, 0.4) is 0 Å². The number of halogens is 6. The second-order valence-corrected chi connectivity index (χ2v) is 9.27. The molecule has 206 valence electrons. The Balaban J connectivity index is 1.78. The molecule has 1 saturated carbocycles. The molecule has 0 spiro atoms. The molecule has 0 unspecified atom stereocenters. The Morgan fingerprint density at radius 1 is 1.00 bits per heavy atom. The second kappa shape index (κ2) is 12.5. The Kier molecular flexibility index (Phi) is 9.66. The van der Waals surface area contributed by atoms with E-state index in [4.69, 9.17) is 27.9 Å². The average molecular weight is 580 g/mol. The summed E-state index contributed by atoms with van der Waals surface area (Å²) in [6.45, 7) is 0. The fourth-order valence-corrected chi connectivity index (χ4v) is 4.69. The molecule has 3 amide bonds. The van der Waals surface area contributed by atoms with Crippen LogP contribution >= 0.6 is 23.2 Å². The van der Waals surface area contributed by atoms with Gasteiger partial charge >= 0.3 is 18.4 Å². The number of carbonyl (C=O) groups excluding carboxylic acids is 3. The molecule has 14 heteroatoms. The van der Waals surface area contributed by atoms with Crippen molar-refractivity contribution < 1.29 is 41.4 Å². The van der Waals surface area contributed by atoms with E-state index in [0.717, 1.165) is 49.6 Å². The van der Waals surface area contributed by atoms with Gasteiger partial charge in [-0.05, 0) is 37.0 Å². The molecule has 38 heavy (non-hydrogen) atoms. The van der Waals surface area contributed by atoms with Gasteiger partial charge in [0.2, 0.25) is 0 Å². The zero-order valence-electron chi connectivity index (χ0n) is 19.9. The van der Waals surface area contributed by atoms with E-state index in [1.807, 2.05) is 0 Å². The Labute approximate surface area is 224 Å². The van der Waals surface area contributed by atoms with Crippen molar-refractivity contribution >= 4 is 52.5 Å². The zero-order chi connectivity index (χ0) is 28.0. The van der Waals surface area contributed by atoms with Crippen LogP contribution in [0.4, 0.5) is 33.7 Å². The molecular formula is C24H23Cl2F4N3O5. The van der Waals surface area contributed by atoms with Gasteiger partial charge in [-0.1, -0.05) is 42.5 Å². The molecule has 0 heterocycles. The van der Waals surface area contributed by atoms with Gasteiger partial charge in [0.1, 0.15) is 17.6 Å². The zero-order valence-corrected chi connectivity index (χ0v) is 21.4. The van der Waals surface area contributed by atoms with Crippen LogP contribution in [0.2, 0.25) is 10.0 Å². The number of hydrogen-bond donors (Lipinski definition) is 3. The van der Waals surface area contributed by atoms with Crippen molar-refractivity contribution in [3.05, 3.63) is 51.8 Å². The summed E-state index contributed by atoms with van der Waals surface area (Å²) in [4.78, 5) is 38.1. The number of urea groups is 1. The number of esters is 1. The van der Waals surface area contributed by atoms with Gasteiger partial charge < -0.3 is 25.4 Å². The predicted molar refractivity (Wildman–Crippen MR) is 132 cm³/mol. The van der Waals surface area contributed by atoms with E-state index >= 15 is 0 Å². The van der Waals surface area contributed by atoms with Gasteiger partial charge in [-0.25, -0.2) is 14.0 Å². The molecule has 1 aliphatic rings. The molecule has 1 atom stereocenters. The maximum atomic E-state index is 14.0. The number of alkyl halides is 3. The summed E-state index contributed by atoms with van der Waals surface area (Å²) in [6, 6.07) is 2.61. The minimum atomic E-state index is -4.99. The molecule has 1 aliphatic carbocycles. The Morgan fingerprint density at radius 3 is 2.21 bits per heavy atom. The highest BCUT2D eigenvalue weighted by molar-refractivity contribution is 6.40. The van der Waals surface area contributed by atoms with Crippen molar-refractivity contribution in [1.82, 2.24) is 5.32 Å². The molecule has 3 N–H and O–H groups in total. The first kappa shape index (κ1) is 29.3. The van der Waals surface area contributed by atoms with E-state index in [1.165, 1.54) is 7.11 Å². The summed E-state index contributed by atoms with van der Waals surface area (Å²) >= 11 is 11.9. The minimum Gasteiger partial charge on any atom is -0.467 e. The Bertz CT molecular complexity index is 1180. The van der Waals surface area contributed by atoms with Gasteiger partial charge in [-0.2, -0.15) is 0 Å². The molecule has 1 fully saturated rings. The normalized spacial score (nSPS) is 14.8. The molecule has 0 saturated heterocycles. The van der Waals surface area contributed by atoms with E-state index in [9.17, 15) is 31.9 Å². The lowest BCUT2D eigenvalue weighted by Gasteiger charge is -2.29. The number of methoxy groups -OCH3 is 1. The number of hydrogen-bond acceptors (Lipinski definition) is 5. The van der Waals surface area contributed by atoms with Crippen LogP contribution in [0.25, 0.3) is 0 Å². The third-order valence-electron chi connectivity index (χ3n) is 5.83. The summed E-state index contributed by atoms with van der Waals surface area (Å²) in [7, 11) is 1.21. The van der Waals surface area contributed by atoms with Gasteiger partial charge in [0.05, 0.1) is 34.1 Å². The highest BCUT2D eigenvalue weighted by atomic mass is 35.5. The molecule has 0 aromatic heterocycles. The third kappa shape index (κ3) is 7.87. The molecule has 0 radical (unpaired) electrons. The SMILES string of the molecule is COC(=O)[C@@H](NC(=O)c1ccc(F)cc1NC(=O)Nc1c(Cl)cc(OC(F)(F)F)cc1Cl)C1CCCCC1. The van der Waals surface area contributed by atoms with Crippen molar-refractivity contribution in [1.29, 1.82) is 0 Å². The van der Waals surface area contributed by atoms with E-state index < -0.39 is 41.9 Å². The topological polar surface area (TPSA) is 106 Å². The third-order valence-corrected chi connectivity index (χ3v) is 6.42. The lowest BCUT2D eigenvalue weighted by molar-refractivity contribution is -0.274. The molecule has 8 nitrogen and oxygen atoms in total. The fraction of sp³-hybridized carbons (Fsp3) is 0.375. The van der Waals surface area contributed by atoms with Crippen LogP contribution in [0.15, 0.2) is 30.3 Å². The summed E-state index contributed by atoms with van der Waals surface area (Å²) in [6.07, 6.45) is -0.753. The summed E-state index contributed by atoms with van der Waals surface area (Å²) in [5.41, 5.74) is -0.667. The molecule has 0 bridgehead atoms. The Morgan fingerprint density at radius 2 is 1.63 bits per heavy atom. The second-order valence-electron chi connectivity index (χ2n) is 8.45. The van der Waals surface area contributed by atoms with Crippen LogP contribution in [-0.2, 0) is 9.53 Å². The molecule has 0 aliphatic heterocycles. The van der Waals surface area contributed by atoms with Gasteiger partial charge in [-0.3, -0.25) is 4.79 Å². The molecular weight excluding hydrogens is 557 g/mol. The number of carbonyl (C=O) groups is 3. The van der Waals surface area contributed by atoms with E-state index in [-0.39, 0.29) is 32.9 Å². The van der Waals surface area contributed by atoms with Crippen LogP contribution < -0.4 is 20.7 Å². The maximum absolute atomic E-state index is 14.0. The number of nitrogens with one attached hydrogen (secondary N) is 3. The summed E-state index contributed by atoms with van der Waals surface area (Å²) in [5, 5.41) is 6.40. The Hall–Kier alpha value is -3.25. The lowest BCUT2D eigenvalue weighted by atomic mass is 9.83. The number of anilines is 2. The van der Waals surface area contributed by atoms with E-state index in [1.54, 1.807) is 0 Å². The molecule has 3 rings (SSSR count). The van der Waals surface area contributed by atoms with Crippen LogP contribution in [0.1, 0.15) is 42.5 Å². The van der Waals surface area contributed by atoms with Crippen molar-refractivity contribution in [2.24, 2.45) is 5.92 Å². The summed E-state index contributed by atoms with van der Waals surface area (Å²) < 4.78 is 60.0. The number of benzene rings is 2. The van der Waals surface area contributed by atoms with Gasteiger partial charge in [0, 0.05) is 12.1 Å². The van der Waals surface area contributed by atoms with Gasteiger partial charge in [0.15, 0.2) is 0 Å². The number of rotatable bonds is 7. The molecule has 2 aromatic carbocycles. The van der Waals surface area contributed by atoms with E-state index in [2.05, 4.69) is 20.7 Å². The monoisotopic (exact) mass is 579 g/mol. The van der Waals surface area contributed by atoms with Crippen LogP contribution in [-0.4, -0.2) is 37.4 Å². The smallest absolute Gasteiger partial charge is 0.467 e. The highest BCUT2D eigenvalue weighted by Gasteiger charge is 2.33. The maximum Gasteiger partial charge on any atom is 0.573 e. The van der Waals surface area contributed by atoms with E-state index in [0.29, 0.717) is 12.8 Å². The largest absolute Gasteiger partial charge is 0.573 e. The fourth-order valence-electron chi connectivity index (χ4n) is 4.13. The first-order valence-electron chi connectivity index (χ1n) is 11.4.